The standard InChI is InChI=1S/C34H42N4O4/c1-23(2)22-34(28-14-6-5-7-15-28)31(40)38(32(35)37-34)18-10-11-24(3)19-30(39)29(36-33(41)42-4)21-25-16-17-26-12-8-9-13-27(26)20-25/h5-9,12-17,20,23-24,29H,10-11,18-19,21-22H2,1-4H3,(H2,35,37)(H,36,41)/t24-,29-,34+/m0/s1. The van der Waals surface area contributed by atoms with Crippen LogP contribution in [-0.4, -0.2) is 48.3 Å². The lowest BCUT2D eigenvalue weighted by molar-refractivity contribution is -0.132. The minimum Gasteiger partial charge on any atom is -0.453 e. The highest BCUT2D eigenvalue weighted by molar-refractivity contribution is 6.07. The molecule has 0 radical (unpaired) electrons. The molecule has 1 heterocycles. The molecule has 8 nitrogen and oxygen atoms in total. The largest absolute Gasteiger partial charge is 0.453 e. The maximum Gasteiger partial charge on any atom is 0.407 e. The SMILES string of the molecule is COC(=O)N[C@@H](Cc1ccc2ccccc2c1)C(=O)C[C@@H](C)CCCN1C(=O)[C@@](CC(C)C)(c2ccccc2)N=C1N. The molecule has 0 aromatic heterocycles. The fourth-order valence-corrected chi connectivity index (χ4v) is 5.82. The Morgan fingerprint density at radius 2 is 1.69 bits per heavy atom. The fraction of sp³-hybridized carbons (Fsp3) is 0.412. The highest BCUT2D eigenvalue weighted by Gasteiger charge is 2.49. The summed E-state index contributed by atoms with van der Waals surface area (Å²) in [6.07, 6.45) is 1.99. The first kappa shape index (κ1) is 30.8. The van der Waals surface area contributed by atoms with E-state index in [1.54, 1.807) is 4.90 Å². The number of fused-ring (bicyclic) bond motifs is 1. The second-order valence-electron chi connectivity index (χ2n) is 11.7. The number of nitrogens with zero attached hydrogens (tertiary/aromatic N) is 2. The molecule has 0 saturated heterocycles. The molecule has 0 bridgehead atoms. The van der Waals surface area contributed by atoms with E-state index in [0.29, 0.717) is 38.6 Å². The van der Waals surface area contributed by atoms with Crippen molar-refractivity contribution in [1.29, 1.82) is 0 Å². The van der Waals surface area contributed by atoms with Gasteiger partial charge in [0.15, 0.2) is 17.3 Å². The number of guanidine groups is 1. The van der Waals surface area contributed by atoms with E-state index in [1.807, 2.05) is 79.7 Å². The lowest BCUT2D eigenvalue weighted by atomic mass is 9.82. The van der Waals surface area contributed by atoms with Crippen molar-refractivity contribution in [2.75, 3.05) is 13.7 Å². The van der Waals surface area contributed by atoms with Crippen LogP contribution in [0.15, 0.2) is 77.8 Å². The molecule has 0 fully saturated rings. The van der Waals surface area contributed by atoms with Crippen LogP contribution in [0.1, 0.15) is 57.6 Å². The summed E-state index contributed by atoms with van der Waals surface area (Å²) in [5.74, 6) is 0.381. The molecule has 0 spiro atoms. The molecule has 1 aliphatic heterocycles. The van der Waals surface area contributed by atoms with Gasteiger partial charge in [0, 0.05) is 13.0 Å². The number of rotatable bonds is 13. The number of alkyl carbamates (subject to hydrolysis) is 1. The Labute approximate surface area is 248 Å². The summed E-state index contributed by atoms with van der Waals surface area (Å²) in [5, 5.41) is 4.92. The molecule has 0 unspecified atom stereocenters. The number of nitrogens with one attached hydrogen (secondary N) is 1. The smallest absolute Gasteiger partial charge is 0.407 e. The zero-order valence-corrected chi connectivity index (χ0v) is 25.0. The summed E-state index contributed by atoms with van der Waals surface area (Å²) < 4.78 is 4.80. The lowest BCUT2D eigenvalue weighted by Gasteiger charge is -2.28. The van der Waals surface area contributed by atoms with Gasteiger partial charge in [0.05, 0.1) is 13.2 Å². The quantitative estimate of drug-likeness (QED) is 0.278. The molecule has 1 aliphatic rings. The van der Waals surface area contributed by atoms with Crippen molar-refractivity contribution in [2.24, 2.45) is 22.6 Å². The highest BCUT2D eigenvalue weighted by Crippen LogP contribution is 2.38. The van der Waals surface area contributed by atoms with Crippen molar-refractivity contribution < 1.29 is 19.1 Å². The summed E-state index contributed by atoms with van der Waals surface area (Å²) in [7, 11) is 1.29. The Kier molecular flexibility index (Phi) is 9.99. The molecule has 2 amide bonds. The van der Waals surface area contributed by atoms with Crippen LogP contribution in [-0.2, 0) is 26.3 Å². The number of ketones is 1. The third-order valence-corrected chi connectivity index (χ3v) is 7.88. The van der Waals surface area contributed by atoms with E-state index >= 15 is 0 Å². The van der Waals surface area contributed by atoms with E-state index in [2.05, 4.69) is 19.2 Å². The van der Waals surface area contributed by atoms with E-state index in [0.717, 1.165) is 21.9 Å². The summed E-state index contributed by atoms with van der Waals surface area (Å²) in [6.45, 7) is 6.60. The van der Waals surface area contributed by atoms with E-state index in [-0.39, 0.29) is 29.5 Å². The maximum atomic E-state index is 13.7. The van der Waals surface area contributed by atoms with Gasteiger partial charge in [0.25, 0.3) is 5.91 Å². The van der Waals surface area contributed by atoms with Crippen molar-refractivity contribution in [3.05, 3.63) is 83.9 Å². The van der Waals surface area contributed by atoms with Gasteiger partial charge in [-0.2, -0.15) is 0 Å². The summed E-state index contributed by atoms with van der Waals surface area (Å²) in [5.41, 5.74) is 7.12. The zero-order chi connectivity index (χ0) is 30.3. The monoisotopic (exact) mass is 570 g/mol. The zero-order valence-electron chi connectivity index (χ0n) is 25.0. The fourth-order valence-electron chi connectivity index (χ4n) is 5.82. The van der Waals surface area contributed by atoms with Gasteiger partial charge in [0.1, 0.15) is 0 Å². The first-order valence-electron chi connectivity index (χ1n) is 14.7. The average molecular weight is 571 g/mol. The van der Waals surface area contributed by atoms with Crippen molar-refractivity contribution >= 4 is 34.5 Å². The number of hydrogen-bond acceptors (Lipinski definition) is 6. The molecular formula is C34H42N4O4. The van der Waals surface area contributed by atoms with Gasteiger partial charge in [-0.25, -0.2) is 9.79 Å². The number of carbonyl (C=O) groups is 3. The third kappa shape index (κ3) is 7.16. The topological polar surface area (TPSA) is 114 Å². The molecule has 222 valence electrons. The number of nitrogens with two attached hydrogens (primary N) is 1. The molecule has 3 aromatic rings. The molecule has 3 N–H and O–H groups in total. The number of aliphatic imine (C=N–C) groups is 1. The van der Waals surface area contributed by atoms with Gasteiger partial charge in [0.2, 0.25) is 0 Å². The Morgan fingerprint density at radius 1 is 1.00 bits per heavy atom. The molecule has 0 aliphatic carbocycles. The summed E-state index contributed by atoms with van der Waals surface area (Å²) in [6, 6.07) is 23.0. The molecular weight excluding hydrogens is 528 g/mol. The van der Waals surface area contributed by atoms with Crippen molar-refractivity contribution in [1.82, 2.24) is 10.2 Å². The number of ether oxygens (including phenoxy) is 1. The Balaban J connectivity index is 1.37. The molecule has 0 saturated carbocycles. The van der Waals surface area contributed by atoms with Crippen LogP contribution in [0.25, 0.3) is 10.8 Å². The van der Waals surface area contributed by atoms with Crippen molar-refractivity contribution in [2.45, 2.75) is 64.5 Å². The third-order valence-electron chi connectivity index (χ3n) is 7.88. The molecule has 8 heteroatoms. The normalized spacial score (nSPS) is 18.2. The van der Waals surface area contributed by atoms with E-state index in [1.165, 1.54) is 7.11 Å². The number of methoxy groups -OCH3 is 1. The van der Waals surface area contributed by atoms with Crippen LogP contribution in [0, 0.1) is 11.8 Å². The number of benzene rings is 3. The van der Waals surface area contributed by atoms with Gasteiger partial charge in [-0.1, -0.05) is 93.6 Å². The Bertz CT molecular complexity index is 1440. The maximum absolute atomic E-state index is 13.7. The van der Waals surface area contributed by atoms with Crippen LogP contribution in [0.2, 0.25) is 0 Å². The van der Waals surface area contributed by atoms with E-state index in [9.17, 15) is 14.4 Å². The molecule has 42 heavy (non-hydrogen) atoms. The highest BCUT2D eigenvalue weighted by atomic mass is 16.5. The van der Waals surface area contributed by atoms with E-state index in [4.69, 9.17) is 15.5 Å². The second-order valence-corrected chi connectivity index (χ2v) is 11.7. The Hall–Kier alpha value is -4.20. The van der Waals surface area contributed by atoms with Crippen molar-refractivity contribution in [3.63, 3.8) is 0 Å². The average Bonchev–Trinajstić information content (AvgIpc) is 3.21. The molecule has 3 atom stereocenters. The van der Waals surface area contributed by atoms with Crippen molar-refractivity contribution in [3.8, 4) is 0 Å². The van der Waals surface area contributed by atoms with Gasteiger partial charge in [-0.15, -0.1) is 0 Å². The second kappa shape index (κ2) is 13.6. The van der Waals surface area contributed by atoms with Gasteiger partial charge in [-0.05, 0) is 59.4 Å². The minimum absolute atomic E-state index is 0.0430. The van der Waals surface area contributed by atoms with Crippen LogP contribution in [0.3, 0.4) is 0 Å². The number of carbonyl (C=O) groups excluding carboxylic acids is 3. The predicted molar refractivity (Wildman–Crippen MR) is 166 cm³/mol. The lowest BCUT2D eigenvalue weighted by Crippen LogP contribution is -2.44. The number of amides is 2. The van der Waals surface area contributed by atoms with Gasteiger partial charge in [-0.3, -0.25) is 14.5 Å². The van der Waals surface area contributed by atoms with Crippen LogP contribution in [0.5, 0.6) is 0 Å². The van der Waals surface area contributed by atoms with Crippen LogP contribution in [0.4, 0.5) is 4.79 Å². The number of hydrogen-bond donors (Lipinski definition) is 2. The first-order chi connectivity index (χ1) is 20.1. The minimum atomic E-state index is -1.00. The summed E-state index contributed by atoms with van der Waals surface area (Å²) in [4.78, 5) is 45.5. The Morgan fingerprint density at radius 3 is 2.38 bits per heavy atom. The van der Waals surface area contributed by atoms with E-state index < -0.39 is 17.7 Å². The number of Topliss-reactive ketones (excluding diaryl/α,β-unsaturated/α-hetero) is 1. The summed E-state index contributed by atoms with van der Waals surface area (Å²) >= 11 is 0. The van der Waals surface area contributed by atoms with Gasteiger partial charge < -0.3 is 15.8 Å². The molecule has 4 rings (SSSR count). The van der Waals surface area contributed by atoms with Crippen LogP contribution >= 0.6 is 0 Å². The first-order valence-corrected chi connectivity index (χ1v) is 14.7. The molecule has 3 aromatic carbocycles. The van der Waals surface area contributed by atoms with Crippen LogP contribution < -0.4 is 11.1 Å². The van der Waals surface area contributed by atoms with Gasteiger partial charge >= 0.3 is 6.09 Å². The predicted octanol–water partition coefficient (Wildman–Crippen LogP) is 5.58.